The number of hydrogen-bond acceptors (Lipinski definition) is 1. The highest BCUT2D eigenvalue weighted by Crippen LogP contribution is 1.70. The minimum Gasteiger partial charge on any atom is -0.369 e. The maximum absolute atomic E-state index is 10.4. The smallest absolute Gasteiger partial charge is 0.342 e. The Kier molecular flexibility index (Phi) is 3.43. The zero-order valence-corrected chi connectivity index (χ0v) is 5.88. The van der Waals surface area contributed by atoms with Crippen LogP contribution in [0.3, 0.4) is 0 Å². The molecule has 0 rings (SSSR count). The van der Waals surface area contributed by atoms with Crippen LogP contribution in [0.4, 0.5) is 4.79 Å². The average Bonchev–Trinajstić information content (AvgIpc) is 1.83. The fraction of sp³-hybridized carbons (Fsp3) is 0.600. The van der Waals surface area contributed by atoms with Gasteiger partial charge in [-0.25, -0.2) is 4.79 Å². The van der Waals surface area contributed by atoms with Crippen LogP contribution >= 0.6 is 0 Å². The first-order chi connectivity index (χ1) is 4.16. The number of amides is 2. The first-order valence-electron chi connectivity index (χ1n) is 2.59. The van der Waals surface area contributed by atoms with Gasteiger partial charge in [-0.05, 0) is 0 Å². The van der Waals surface area contributed by atoms with Crippen LogP contribution in [0.1, 0.15) is 0 Å². The van der Waals surface area contributed by atoms with Crippen LogP contribution in [0.2, 0.25) is 0 Å². The van der Waals surface area contributed by atoms with Crippen molar-refractivity contribution in [2.75, 3.05) is 21.1 Å². The van der Waals surface area contributed by atoms with Crippen molar-refractivity contribution >= 4 is 12.4 Å². The molecule has 0 radical (unpaired) electrons. The quantitative estimate of drug-likeness (QED) is 0.397. The molecule has 0 bridgehead atoms. The van der Waals surface area contributed by atoms with Gasteiger partial charge in [-0.3, -0.25) is 0 Å². The van der Waals surface area contributed by atoms with Crippen molar-refractivity contribution in [1.82, 2.24) is 10.2 Å². The third-order valence-corrected chi connectivity index (χ3v) is 0.620. The second-order valence-corrected chi connectivity index (χ2v) is 1.76. The molecule has 9 heavy (non-hydrogen) atoms. The van der Waals surface area contributed by atoms with E-state index >= 15 is 0 Å². The SMILES string of the molecule is CNC(=O)/N=C/N(C)C. The molecule has 0 aromatic rings. The highest BCUT2D eigenvalue weighted by atomic mass is 16.2. The molecule has 1 N–H and O–H groups in total. The zero-order chi connectivity index (χ0) is 7.28. The summed E-state index contributed by atoms with van der Waals surface area (Å²) in [6, 6.07) is -0.330. The zero-order valence-electron chi connectivity index (χ0n) is 5.88. The van der Waals surface area contributed by atoms with Crippen molar-refractivity contribution < 1.29 is 4.79 Å². The van der Waals surface area contributed by atoms with Gasteiger partial charge < -0.3 is 10.2 Å². The summed E-state index contributed by atoms with van der Waals surface area (Å²) < 4.78 is 0. The fourth-order valence-electron chi connectivity index (χ4n) is 0.232. The average molecular weight is 129 g/mol. The summed E-state index contributed by atoms with van der Waals surface area (Å²) in [6.45, 7) is 0. The molecule has 0 aliphatic rings. The maximum atomic E-state index is 10.4. The van der Waals surface area contributed by atoms with Crippen molar-refractivity contribution in [3.8, 4) is 0 Å². The molecule has 4 nitrogen and oxygen atoms in total. The summed E-state index contributed by atoms with van der Waals surface area (Å²) in [5.41, 5.74) is 0. The molecule has 2 amide bonds. The topological polar surface area (TPSA) is 44.7 Å². The normalized spacial score (nSPS) is 9.67. The third kappa shape index (κ3) is 4.80. The number of carbonyl (C=O) groups is 1. The Hall–Kier alpha value is -1.06. The molecular weight excluding hydrogens is 118 g/mol. The molecule has 0 aliphatic carbocycles. The van der Waals surface area contributed by atoms with Crippen molar-refractivity contribution in [3.05, 3.63) is 0 Å². The molecule has 0 aromatic carbocycles. The minimum atomic E-state index is -0.330. The highest BCUT2D eigenvalue weighted by Gasteiger charge is 1.86. The summed E-state index contributed by atoms with van der Waals surface area (Å²) in [7, 11) is 5.13. The number of rotatable bonds is 1. The predicted octanol–water partition coefficient (Wildman–Crippen LogP) is -0.0843. The van der Waals surface area contributed by atoms with Gasteiger partial charge in [0.1, 0.15) is 0 Å². The standard InChI is InChI=1S/C5H11N3O/c1-6-5(9)7-4-8(2)3/h4H,1-3H3,(H,6,9)/b7-4+. The molecule has 0 atom stereocenters. The van der Waals surface area contributed by atoms with E-state index < -0.39 is 0 Å². The Morgan fingerprint density at radius 2 is 2.22 bits per heavy atom. The van der Waals surface area contributed by atoms with Crippen molar-refractivity contribution in [1.29, 1.82) is 0 Å². The molecule has 0 saturated carbocycles. The molecule has 0 saturated heterocycles. The van der Waals surface area contributed by atoms with Crippen LogP contribution < -0.4 is 5.32 Å². The van der Waals surface area contributed by atoms with Gasteiger partial charge in [0.05, 0.1) is 6.34 Å². The Labute approximate surface area is 54.6 Å². The molecule has 0 aliphatic heterocycles. The van der Waals surface area contributed by atoms with E-state index in [-0.39, 0.29) is 6.03 Å². The molecular formula is C5H11N3O. The molecule has 0 heterocycles. The van der Waals surface area contributed by atoms with E-state index in [1.54, 1.807) is 19.0 Å². The number of urea groups is 1. The Bertz CT molecular complexity index is 119. The molecule has 0 fully saturated rings. The van der Waals surface area contributed by atoms with Gasteiger partial charge in [-0.2, -0.15) is 4.99 Å². The van der Waals surface area contributed by atoms with E-state index in [0.717, 1.165) is 0 Å². The van der Waals surface area contributed by atoms with Gasteiger partial charge in [0, 0.05) is 21.1 Å². The summed E-state index contributed by atoms with van der Waals surface area (Å²) in [6.07, 6.45) is 1.44. The second kappa shape index (κ2) is 3.88. The number of nitrogens with one attached hydrogen (secondary N) is 1. The Morgan fingerprint density at radius 3 is 2.56 bits per heavy atom. The van der Waals surface area contributed by atoms with Crippen LogP contribution in [0.25, 0.3) is 0 Å². The minimum absolute atomic E-state index is 0.330. The van der Waals surface area contributed by atoms with Gasteiger partial charge >= 0.3 is 6.03 Å². The summed E-state index contributed by atoms with van der Waals surface area (Å²) in [4.78, 5) is 15.6. The number of carbonyl (C=O) groups excluding carboxylic acids is 1. The number of aliphatic imine (C=N–C) groups is 1. The van der Waals surface area contributed by atoms with Crippen LogP contribution in [-0.4, -0.2) is 38.4 Å². The predicted molar refractivity (Wildman–Crippen MR) is 36.6 cm³/mol. The fourth-order valence-corrected chi connectivity index (χ4v) is 0.232. The van der Waals surface area contributed by atoms with Gasteiger partial charge in [0.25, 0.3) is 0 Å². The van der Waals surface area contributed by atoms with Crippen LogP contribution in [-0.2, 0) is 0 Å². The Balaban J connectivity index is 3.57. The lowest BCUT2D eigenvalue weighted by molar-refractivity contribution is 0.251. The van der Waals surface area contributed by atoms with E-state index in [4.69, 9.17) is 0 Å². The van der Waals surface area contributed by atoms with Crippen molar-refractivity contribution in [3.63, 3.8) is 0 Å². The molecule has 0 unspecified atom stereocenters. The summed E-state index contributed by atoms with van der Waals surface area (Å²) in [5, 5.41) is 2.36. The van der Waals surface area contributed by atoms with Gasteiger partial charge in [-0.15, -0.1) is 0 Å². The molecule has 0 spiro atoms. The van der Waals surface area contributed by atoms with Crippen LogP contribution in [0.15, 0.2) is 4.99 Å². The van der Waals surface area contributed by atoms with Crippen molar-refractivity contribution in [2.24, 2.45) is 4.99 Å². The van der Waals surface area contributed by atoms with Crippen LogP contribution in [0.5, 0.6) is 0 Å². The lowest BCUT2D eigenvalue weighted by atomic mass is 10.9. The first-order valence-corrected chi connectivity index (χ1v) is 2.59. The number of hydrogen-bond donors (Lipinski definition) is 1. The van der Waals surface area contributed by atoms with E-state index in [1.165, 1.54) is 13.4 Å². The number of nitrogens with zero attached hydrogens (tertiary/aromatic N) is 2. The van der Waals surface area contributed by atoms with Gasteiger partial charge in [-0.1, -0.05) is 0 Å². The second-order valence-electron chi connectivity index (χ2n) is 1.76. The lowest BCUT2D eigenvalue weighted by Gasteiger charge is -2.00. The summed E-state index contributed by atoms with van der Waals surface area (Å²) in [5.74, 6) is 0. The monoisotopic (exact) mass is 129 g/mol. The van der Waals surface area contributed by atoms with E-state index in [9.17, 15) is 4.79 Å². The van der Waals surface area contributed by atoms with E-state index in [0.29, 0.717) is 0 Å². The van der Waals surface area contributed by atoms with Crippen molar-refractivity contribution in [2.45, 2.75) is 0 Å². The highest BCUT2D eigenvalue weighted by molar-refractivity contribution is 5.82. The third-order valence-electron chi connectivity index (χ3n) is 0.620. The molecule has 4 heteroatoms. The lowest BCUT2D eigenvalue weighted by Crippen LogP contribution is -2.16. The first kappa shape index (κ1) is 7.94. The Morgan fingerprint density at radius 1 is 1.67 bits per heavy atom. The maximum Gasteiger partial charge on any atom is 0.342 e. The van der Waals surface area contributed by atoms with Crippen LogP contribution in [0, 0.1) is 0 Å². The largest absolute Gasteiger partial charge is 0.369 e. The van der Waals surface area contributed by atoms with Gasteiger partial charge in [0.15, 0.2) is 0 Å². The molecule has 52 valence electrons. The van der Waals surface area contributed by atoms with Gasteiger partial charge in [0.2, 0.25) is 0 Å². The van der Waals surface area contributed by atoms with E-state index in [2.05, 4.69) is 10.3 Å². The molecule has 0 aromatic heterocycles. The van der Waals surface area contributed by atoms with E-state index in [1.807, 2.05) is 0 Å². The summed E-state index contributed by atoms with van der Waals surface area (Å²) >= 11 is 0.